The van der Waals surface area contributed by atoms with Crippen molar-refractivity contribution in [2.75, 3.05) is 6.61 Å². The highest BCUT2D eigenvalue weighted by Crippen LogP contribution is 2.34. The second-order valence-corrected chi connectivity index (χ2v) is 7.18. The zero-order chi connectivity index (χ0) is 18.0. The number of rotatable bonds is 7. The molecule has 0 bridgehead atoms. The summed E-state index contributed by atoms with van der Waals surface area (Å²) in [6.45, 7) is 6.96. The van der Waals surface area contributed by atoms with Gasteiger partial charge in [0.25, 0.3) is 0 Å². The summed E-state index contributed by atoms with van der Waals surface area (Å²) in [6.07, 6.45) is 4.88. The highest BCUT2D eigenvalue weighted by molar-refractivity contribution is 7.17. The first-order valence-electron chi connectivity index (χ1n) is 8.48. The minimum atomic E-state index is -0.829. The van der Waals surface area contributed by atoms with Crippen LogP contribution in [0.15, 0.2) is 30.6 Å². The number of carboxylic acid groups (broad SMARTS) is 1. The number of ether oxygens (including phenoxy) is 1. The molecule has 0 aliphatic carbocycles. The first-order valence-corrected chi connectivity index (χ1v) is 9.29. The zero-order valence-corrected chi connectivity index (χ0v) is 15.5. The van der Waals surface area contributed by atoms with Gasteiger partial charge in [0.15, 0.2) is 4.96 Å². The van der Waals surface area contributed by atoms with Crippen molar-refractivity contribution in [3.63, 3.8) is 0 Å². The van der Waals surface area contributed by atoms with Gasteiger partial charge in [-0.05, 0) is 37.0 Å². The number of carboxylic acids is 1. The molecule has 0 aliphatic heterocycles. The van der Waals surface area contributed by atoms with Crippen LogP contribution >= 0.6 is 11.3 Å². The monoisotopic (exact) mass is 358 g/mol. The van der Waals surface area contributed by atoms with Gasteiger partial charge >= 0.3 is 5.97 Å². The molecule has 25 heavy (non-hydrogen) atoms. The molecule has 132 valence electrons. The molecule has 1 atom stereocenters. The normalized spacial score (nSPS) is 12.4. The molecule has 3 aromatic rings. The Hall–Kier alpha value is -2.34. The zero-order valence-electron chi connectivity index (χ0n) is 14.7. The van der Waals surface area contributed by atoms with Crippen molar-refractivity contribution in [2.24, 2.45) is 0 Å². The van der Waals surface area contributed by atoms with Gasteiger partial charge in [-0.15, -0.1) is 11.3 Å². The Morgan fingerprint density at radius 1 is 1.36 bits per heavy atom. The summed E-state index contributed by atoms with van der Waals surface area (Å²) in [5, 5.41) is 8.92. The molecule has 0 fully saturated rings. The number of aromatic nitrogens is 2. The molecule has 1 aromatic carbocycles. The maximum atomic E-state index is 10.9. The molecule has 0 saturated carbocycles. The molecule has 0 aliphatic rings. The van der Waals surface area contributed by atoms with E-state index in [9.17, 15) is 4.79 Å². The molecule has 2 aromatic heterocycles. The average molecular weight is 358 g/mol. The Morgan fingerprint density at radius 3 is 2.80 bits per heavy atom. The lowest BCUT2D eigenvalue weighted by Gasteiger charge is -2.14. The van der Waals surface area contributed by atoms with Crippen molar-refractivity contribution in [1.82, 2.24) is 9.38 Å². The highest BCUT2D eigenvalue weighted by Gasteiger charge is 2.15. The number of thiazole rings is 1. The second kappa shape index (κ2) is 7.27. The van der Waals surface area contributed by atoms with E-state index in [4.69, 9.17) is 9.84 Å². The molecule has 0 spiro atoms. The van der Waals surface area contributed by atoms with E-state index >= 15 is 0 Å². The third kappa shape index (κ3) is 3.69. The minimum Gasteiger partial charge on any atom is -0.493 e. The van der Waals surface area contributed by atoms with Gasteiger partial charge in [0.1, 0.15) is 5.75 Å². The van der Waals surface area contributed by atoms with Gasteiger partial charge in [-0.3, -0.25) is 9.20 Å². The molecule has 1 unspecified atom stereocenters. The van der Waals surface area contributed by atoms with Crippen LogP contribution in [0.4, 0.5) is 0 Å². The minimum absolute atomic E-state index is 0.0249. The lowest BCUT2D eigenvalue weighted by molar-refractivity contribution is -0.136. The number of nitrogens with zero attached hydrogens (tertiary/aromatic N) is 2. The van der Waals surface area contributed by atoms with Crippen LogP contribution in [0.3, 0.4) is 0 Å². The number of imidazole rings is 1. The van der Waals surface area contributed by atoms with Crippen LogP contribution < -0.4 is 4.74 Å². The van der Waals surface area contributed by atoms with Gasteiger partial charge in [-0.25, -0.2) is 4.98 Å². The van der Waals surface area contributed by atoms with E-state index in [2.05, 4.69) is 31.0 Å². The molecule has 0 radical (unpaired) electrons. The first kappa shape index (κ1) is 17.5. The maximum Gasteiger partial charge on any atom is 0.308 e. The third-order valence-corrected chi connectivity index (χ3v) is 5.29. The van der Waals surface area contributed by atoms with E-state index in [0.717, 1.165) is 33.3 Å². The fourth-order valence-corrected chi connectivity index (χ4v) is 3.73. The number of hydrogen-bond donors (Lipinski definition) is 1. The average Bonchev–Trinajstić information content (AvgIpc) is 3.12. The van der Waals surface area contributed by atoms with Gasteiger partial charge in [-0.2, -0.15) is 0 Å². The van der Waals surface area contributed by atoms with Crippen molar-refractivity contribution in [3.05, 3.63) is 41.0 Å². The standard InChI is InChI=1S/C19H22N2O3S/c1-4-12(3)13-6-7-17(24-5-2)15(8-13)16-11-21-10-14(9-18(22)23)25-19(21)20-16/h6-8,10-12H,4-5,9H2,1-3H3,(H,22,23). The predicted molar refractivity (Wildman–Crippen MR) is 99.7 cm³/mol. The molecular weight excluding hydrogens is 336 g/mol. The molecule has 0 amide bonds. The van der Waals surface area contributed by atoms with Gasteiger partial charge in [0.05, 0.1) is 18.7 Å². The molecule has 1 N–H and O–H groups in total. The summed E-state index contributed by atoms with van der Waals surface area (Å²) in [5.41, 5.74) is 3.10. The fourth-order valence-electron chi connectivity index (χ4n) is 2.78. The summed E-state index contributed by atoms with van der Waals surface area (Å²) in [5.74, 6) is 0.469. The molecule has 0 saturated heterocycles. The fraction of sp³-hybridized carbons (Fsp3) is 0.368. The molecule has 3 rings (SSSR count). The van der Waals surface area contributed by atoms with Crippen LogP contribution in [-0.2, 0) is 11.2 Å². The van der Waals surface area contributed by atoms with Crippen LogP contribution in [0.2, 0.25) is 0 Å². The maximum absolute atomic E-state index is 10.9. The first-order chi connectivity index (χ1) is 12.0. The topological polar surface area (TPSA) is 63.8 Å². The van der Waals surface area contributed by atoms with Gasteiger partial charge in [-0.1, -0.05) is 19.9 Å². The number of fused-ring (bicyclic) bond motifs is 1. The molecule has 5 nitrogen and oxygen atoms in total. The van der Waals surface area contributed by atoms with Crippen molar-refractivity contribution in [1.29, 1.82) is 0 Å². The predicted octanol–water partition coefficient (Wildman–Crippen LogP) is 4.60. The number of aliphatic carboxylic acids is 1. The number of hydrogen-bond acceptors (Lipinski definition) is 4. The van der Waals surface area contributed by atoms with Gasteiger partial charge in [0.2, 0.25) is 0 Å². The smallest absolute Gasteiger partial charge is 0.308 e. The van der Waals surface area contributed by atoms with E-state index in [0.29, 0.717) is 12.5 Å². The van der Waals surface area contributed by atoms with Crippen LogP contribution in [0.25, 0.3) is 16.2 Å². The van der Waals surface area contributed by atoms with Crippen LogP contribution in [-0.4, -0.2) is 27.1 Å². The molecule has 6 heteroatoms. The molecular formula is C19H22N2O3S. The van der Waals surface area contributed by atoms with Crippen molar-refractivity contribution in [2.45, 2.75) is 39.5 Å². The third-order valence-electron chi connectivity index (χ3n) is 4.29. The summed E-state index contributed by atoms with van der Waals surface area (Å²) in [6, 6.07) is 6.29. The quantitative estimate of drug-likeness (QED) is 0.670. The van der Waals surface area contributed by atoms with E-state index in [-0.39, 0.29) is 6.42 Å². The SMILES string of the molecule is CCOc1ccc(C(C)CC)cc1-c1cn2cc(CC(=O)O)sc2n1. The Balaban J connectivity index is 2.02. The van der Waals surface area contributed by atoms with E-state index in [1.54, 1.807) is 0 Å². The summed E-state index contributed by atoms with van der Waals surface area (Å²) < 4.78 is 7.68. The van der Waals surface area contributed by atoms with E-state index in [1.807, 2.05) is 29.8 Å². The van der Waals surface area contributed by atoms with E-state index in [1.165, 1.54) is 16.9 Å². The van der Waals surface area contributed by atoms with Crippen LogP contribution in [0, 0.1) is 0 Å². The van der Waals surface area contributed by atoms with E-state index < -0.39 is 5.97 Å². The molecule has 2 heterocycles. The van der Waals surface area contributed by atoms with Gasteiger partial charge in [0, 0.05) is 22.8 Å². The Kier molecular flexibility index (Phi) is 5.08. The Morgan fingerprint density at radius 2 is 2.16 bits per heavy atom. The lowest BCUT2D eigenvalue weighted by Crippen LogP contribution is -1.98. The van der Waals surface area contributed by atoms with Crippen molar-refractivity contribution in [3.8, 4) is 17.0 Å². The largest absolute Gasteiger partial charge is 0.493 e. The Labute approximate surface area is 150 Å². The summed E-state index contributed by atoms with van der Waals surface area (Å²) in [4.78, 5) is 17.1. The van der Waals surface area contributed by atoms with Crippen molar-refractivity contribution >= 4 is 22.3 Å². The number of carbonyl (C=O) groups is 1. The second-order valence-electron chi connectivity index (χ2n) is 6.08. The van der Waals surface area contributed by atoms with Gasteiger partial charge < -0.3 is 9.84 Å². The lowest BCUT2D eigenvalue weighted by atomic mass is 9.96. The van der Waals surface area contributed by atoms with Crippen LogP contribution in [0.5, 0.6) is 5.75 Å². The Bertz CT molecular complexity index is 866. The van der Waals surface area contributed by atoms with Crippen LogP contribution in [0.1, 0.15) is 43.6 Å². The van der Waals surface area contributed by atoms with Crippen molar-refractivity contribution < 1.29 is 14.6 Å². The highest BCUT2D eigenvalue weighted by atomic mass is 32.1. The summed E-state index contributed by atoms with van der Waals surface area (Å²) >= 11 is 1.41. The number of benzene rings is 1. The summed E-state index contributed by atoms with van der Waals surface area (Å²) in [7, 11) is 0.